The Balaban J connectivity index is 1.83. The summed E-state index contributed by atoms with van der Waals surface area (Å²) in [6.07, 6.45) is 5.45. The topological polar surface area (TPSA) is 76.7 Å². The van der Waals surface area contributed by atoms with E-state index in [0.29, 0.717) is 23.6 Å². The summed E-state index contributed by atoms with van der Waals surface area (Å²) in [4.78, 5) is 12.0. The lowest BCUT2D eigenvalue weighted by Gasteiger charge is -1.92. The molecule has 1 N–H and O–H groups in total. The summed E-state index contributed by atoms with van der Waals surface area (Å²) in [5.74, 6) is 0.487. The smallest absolute Gasteiger partial charge is 0.322 e. The van der Waals surface area contributed by atoms with Crippen LogP contribution >= 0.6 is 0 Å². The van der Waals surface area contributed by atoms with Crippen molar-refractivity contribution in [1.82, 2.24) is 20.1 Å². The molecule has 3 rings (SSSR count). The highest BCUT2D eigenvalue weighted by atomic mass is 16.5. The predicted molar refractivity (Wildman–Crippen MR) is 52.0 cm³/mol. The lowest BCUT2D eigenvalue weighted by Crippen LogP contribution is -2.00. The normalized spacial score (nSPS) is 15.2. The first-order valence-electron chi connectivity index (χ1n) is 4.78. The minimum atomic E-state index is 0.464. The summed E-state index contributed by atoms with van der Waals surface area (Å²) in [7, 11) is 0. The molecule has 76 valence electrons. The molecule has 1 aliphatic carbocycles. The second-order valence-corrected chi connectivity index (χ2v) is 3.44. The van der Waals surface area contributed by atoms with E-state index in [4.69, 9.17) is 4.52 Å². The van der Waals surface area contributed by atoms with Crippen LogP contribution in [-0.2, 0) is 0 Å². The van der Waals surface area contributed by atoms with E-state index in [1.807, 2.05) is 0 Å². The van der Waals surface area contributed by atoms with E-state index < -0.39 is 0 Å². The van der Waals surface area contributed by atoms with Crippen molar-refractivity contribution in [3.05, 3.63) is 18.6 Å². The molecule has 1 aliphatic rings. The molecule has 0 radical (unpaired) electrons. The molecule has 0 spiro atoms. The second kappa shape index (κ2) is 3.30. The van der Waals surface area contributed by atoms with Gasteiger partial charge in [-0.3, -0.25) is 0 Å². The largest absolute Gasteiger partial charge is 0.335 e. The zero-order chi connectivity index (χ0) is 10.1. The summed E-state index contributed by atoms with van der Waals surface area (Å²) in [6, 6.07) is 2.71. The molecule has 0 aliphatic heterocycles. The number of hydrogen-bond acceptors (Lipinski definition) is 6. The summed E-state index contributed by atoms with van der Waals surface area (Å²) in [5, 5.41) is 6.95. The van der Waals surface area contributed by atoms with E-state index in [1.165, 1.54) is 19.2 Å². The monoisotopic (exact) mass is 203 g/mol. The predicted octanol–water partition coefficient (Wildman–Crippen LogP) is 1.10. The Hall–Kier alpha value is -1.98. The van der Waals surface area contributed by atoms with E-state index in [0.717, 1.165) is 0 Å². The average Bonchev–Trinajstić information content (AvgIpc) is 2.96. The molecule has 6 nitrogen and oxygen atoms in total. The van der Waals surface area contributed by atoms with E-state index in [-0.39, 0.29) is 0 Å². The third-order valence-corrected chi connectivity index (χ3v) is 2.14. The Kier molecular flexibility index (Phi) is 1.84. The van der Waals surface area contributed by atoms with Gasteiger partial charge < -0.3 is 9.84 Å². The highest BCUT2D eigenvalue weighted by molar-refractivity contribution is 5.48. The molecule has 2 aromatic rings. The Morgan fingerprint density at radius 1 is 1.40 bits per heavy atom. The Morgan fingerprint density at radius 2 is 2.33 bits per heavy atom. The third-order valence-electron chi connectivity index (χ3n) is 2.14. The quantitative estimate of drug-likeness (QED) is 0.804. The molecular formula is C9H9N5O. The maximum atomic E-state index is 5.04. The van der Waals surface area contributed by atoms with Gasteiger partial charge in [-0.05, 0) is 18.9 Å². The fraction of sp³-hybridized carbons (Fsp3) is 0.333. The molecule has 0 atom stereocenters. The summed E-state index contributed by atoms with van der Waals surface area (Å²) in [5.41, 5.74) is 0.664. The van der Waals surface area contributed by atoms with Crippen LogP contribution in [0.1, 0.15) is 12.8 Å². The first-order chi connectivity index (χ1) is 7.42. The van der Waals surface area contributed by atoms with Crippen LogP contribution in [0.15, 0.2) is 23.1 Å². The van der Waals surface area contributed by atoms with Gasteiger partial charge in [0.25, 0.3) is 0 Å². The third kappa shape index (κ3) is 1.78. The SMILES string of the molecule is c1cc(-c2noc(NC3CC3)n2)ncn1. The lowest BCUT2D eigenvalue weighted by atomic mass is 10.4. The van der Waals surface area contributed by atoms with E-state index in [1.54, 1.807) is 12.3 Å². The van der Waals surface area contributed by atoms with Crippen molar-refractivity contribution < 1.29 is 4.52 Å². The fourth-order valence-electron chi connectivity index (χ4n) is 1.21. The molecule has 1 saturated carbocycles. The van der Waals surface area contributed by atoms with Gasteiger partial charge in [-0.1, -0.05) is 5.16 Å². The zero-order valence-electron chi connectivity index (χ0n) is 7.92. The molecule has 6 heteroatoms. The molecule has 0 aromatic carbocycles. The van der Waals surface area contributed by atoms with Crippen molar-refractivity contribution in [1.29, 1.82) is 0 Å². The van der Waals surface area contributed by atoms with E-state index in [2.05, 4.69) is 25.4 Å². The molecule has 0 unspecified atom stereocenters. The first-order valence-corrected chi connectivity index (χ1v) is 4.78. The summed E-state index contributed by atoms with van der Waals surface area (Å²) in [6.45, 7) is 0. The van der Waals surface area contributed by atoms with Crippen molar-refractivity contribution in [3.63, 3.8) is 0 Å². The van der Waals surface area contributed by atoms with E-state index >= 15 is 0 Å². The maximum absolute atomic E-state index is 5.04. The average molecular weight is 203 g/mol. The van der Waals surface area contributed by atoms with Gasteiger partial charge in [-0.25, -0.2) is 9.97 Å². The Bertz CT molecular complexity index is 451. The number of anilines is 1. The zero-order valence-corrected chi connectivity index (χ0v) is 7.92. The van der Waals surface area contributed by atoms with Crippen molar-refractivity contribution in [3.8, 4) is 11.5 Å². The summed E-state index contributed by atoms with van der Waals surface area (Å²) < 4.78 is 5.04. The van der Waals surface area contributed by atoms with Crippen LogP contribution in [0.5, 0.6) is 0 Å². The molecule has 2 heterocycles. The molecule has 0 bridgehead atoms. The summed E-state index contributed by atoms with van der Waals surface area (Å²) >= 11 is 0. The lowest BCUT2D eigenvalue weighted by molar-refractivity contribution is 0.431. The maximum Gasteiger partial charge on any atom is 0.322 e. The molecule has 0 saturated heterocycles. The fourth-order valence-corrected chi connectivity index (χ4v) is 1.21. The van der Waals surface area contributed by atoms with Crippen LogP contribution in [0.3, 0.4) is 0 Å². The molecular weight excluding hydrogens is 194 g/mol. The molecule has 15 heavy (non-hydrogen) atoms. The van der Waals surface area contributed by atoms with Gasteiger partial charge in [-0.2, -0.15) is 4.98 Å². The van der Waals surface area contributed by atoms with Crippen LogP contribution < -0.4 is 5.32 Å². The number of nitrogens with one attached hydrogen (secondary N) is 1. The van der Waals surface area contributed by atoms with Gasteiger partial charge in [-0.15, -0.1) is 0 Å². The van der Waals surface area contributed by atoms with Crippen LogP contribution in [0.25, 0.3) is 11.5 Å². The Morgan fingerprint density at radius 3 is 3.07 bits per heavy atom. The van der Waals surface area contributed by atoms with Crippen molar-refractivity contribution in [2.75, 3.05) is 5.32 Å². The highest BCUT2D eigenvalue weighted by Gasteiger charge is 2.23. The van der Waals surface area contributed by atoms with Crippen LogP contribution in [-0.4, -0.2) is 26.2 Å². The second-order valence-electron chi connectivity index (χ2n) is 3.44. The standard InChI is InChI=1S/C9H9N5O/c1-2-6(1)12-9-13-8(14-15-9)7-3-4-10-5-11-7/h3-6H,1-2H2,(H,12,13,14). The molecule has 0 amide bonds. The van der Waals surface area contributed by atoms with Crippen LogP contribution in [0, 0.1) is 0 Å². The minimum absolute atomic E-state index is 0.464. The highest BCUT2D eigenvalue weighted by Crippen LogP contribution is 2.24. The van der Waals surface area contributed by atoms with Gasteiger partial charge >= 0.3 is 6.01 Å². The number of nitrogens with zero attached hydrogens (tertiary/aromatic N) is 4. The van der Waals surface area contributed by atoms with Gasteiger partial charge in [0.1, 0.15) is 12.0 Å². The minimum Gasteiger partial charge on any atom is -0.335 e. The first kappa shape index (κ1) is 8.34. The van der Waals surface area contributed by atoms with Gasteiger partial charge in [0.2, 0.25) is 5.82 Å². The number of rotatable bonds is 3. The number of aromatic nitrogens is 4. The van der Waals surface area contributed by atoms with Crippen molar-refractivity contribution >= 4 is 6.01 Å². The van der Waals surface area contributed by atoms with Gasteiger partial charge in [0.05, 0.1) is 0 Å². The van der Waals surface area contributed by atoms with E-state index in [9.17, 15) is 0 Å². The van der Waals surface area contributed by atoms with Gasteiger partial charge in [0, 0.05) is 12.2 Å². The number of hydrogen-bond donors (Lipinski definition) is 1. The van der Waals surface area contributed by atoms with Crippen molar-refractivity contribution in [2.24, 2.45) is 0 Å². The Labute approximate surface area is 85.8 Å². The van der Waals surface area contributed by atoms with Gasteiger partial charge in [0.15, 0.2) is 0 Å². The molecule has 1 fully saturated rings. The van der Waals surface area contributed by atoms with Crippen LogP contribution in [0.4, 0.5) is 6.01 Å². The van der Waals surface area contributed by atoms with Crippen molar-refractivity contribution in [2.45, 2.75) is 18.9 Å². The van der Waals surface area contributed by atoms with Crippen LogP contribution in [0.2, 0.25) is 0 Å². The molecule has 2 aromatic heterocycles.